The lowest BCUT2D eigenvalue weighted by Crippen LogP contribution is -2.44. The number of aliphatic hydroxyl groups excluding tert-OH is 1. The molecule has 27 heavy (non-hydrogen) atoms. The molecule has 4 rings (SSSR count). The Kier molecular flexibility index (Phi) is 5.83. The van der Waals surface area contributed by atoms with Crippen LogP contribution < -0.4 is 9.47 Å². The van der Waals surface area contributed by atoms with Crippen molar-refractivity contribution in [2.75, 3.05) is 46.0 Å². The van der Waals surface area contributed by atoms with E-state index in [-0.39, 0.29) is 18.6 Å². The standard InChI is InChI=1S/C21H30N2O4/c24-10-7-16-3-1-8-22(14-16)15-21(25)23-9-2-4-18(23)17-5-6-19-20(13-17)27-12-11-26-19/h5-6,13,16,18,24H,1-4,7-12,14-15H2. The number of benzene rings is 1. The fraction of sp³-hybridized carbons (Fsp3) is 0.667. The Labute approximate surface area is 161 Å². The first-order valence-corrected chi connectivity index (χ1v) is 10.3. The van der Waals surface area contributed by atoms with Crippen molar-refractivity contribution in [1.82, 2.24) is 9.80 Å². The zero-order valence-corrected chi connectivity index (χ0v) is 15.9. The molecule has 6 heteroatoms. The molecule has 0 spiro atoms. The van der Waals surface area contributed by atoms with Gasteiger partial charge in [-0.1, -0.05) is 6.07 Å². The third kappa shape index (κ3) is 4.22. The molecule has 2 saturated heterocycles. The van der Waals surface area contributed by atoms with Crippen LogP contribution in [-0.4, -0.2) is 66.8 Å². The Morgan fingerprint density at radius 3 is 2.78 bits per heavy atom. The van der Waals surface area contributed by atoms with Crippen LogP contribution in [0.25, 0.3) is 0 Å². The lowest BCUT2D eigenvalue weighted by molar-refractivity contribution is -0.133. The van der Waals surface area contributed by atoms with E-state index in [1.807, 2.05) is 17.0 Å². The van der Waals surface area contributed by atoms with Gasteiger partial charge in [0, 0.05) is 19.7 Å². The van der Waals surface area contributed by atoms with Gasteiger partial charge in [0.2, 0.25) is 5.91 Å². The van der Waals surface area contributed by atoms with E-state index in [1.54, 1.807) is 0 Å². The number of ether oxygens (including phenoxy) is 2. The monoisotopic (exact) mass is 374 g/mol. The summed E-state index contributed by atoms with van der Waals surface area (Å²) in [5, 5.41) is 9.19. The molecular weight excluding hydrogens is 344 g/mol. The average Bonchev–Trinajstić information content (AvgIpc) is 3.18. The van der Waals surface area contributed by atoms with Crippen molar-refractivity contribution in [3.63, 3.8) is 0 Å². The van der Waals surface area contributed by atoms with Gasteiger partial charge in [-0.05, 0) is 62.3 Å². The second-order valence-electron chi connectivity index (χ2n) is 7.90. The van der Waals surface area contributed by atoms with E-state index in [4.69, 9.17) is 9.47 Å². The maximum Gasteiger partial charge on any atom is 0.237 e. The van der Waals surface area contributed by atoms with E-state index >= 15 is 0 Å². The molecule has 0 bridgehead atoms. The van der Waals surface area contributed by atoms with Gasteiger partial charge in [0.15, 0.2) is 11.5 Å². The number of carbonyl (C=O) groups excluding carboxylic acids is 1. The number of hydrogen-bond acceptors (Lipinski definition) is 5. The van der Waals surface area contributed by atoms with Gasteiger partial charge in [-0.15, -0.1) is 0 Å². The zero-order valence-electron chi connectivity index (χ0n) is 15.9. The second kappa shape index (κ2) is 8.48. The first-order chi connectivity index (χ1) is 13.2. The van der Waals surface area contributed by atoms with Gasteiger partial charge < -0.3 is 19.5 Å². The first-order valence-electron chi connectivity index (χ1n) is 10.3. The molecule has 0 saturated carbocycles. The highest BCUT2D eigenvalue weighted by Crippen LogP contribution is 2.38. The van der Waals surface area contributed by atoms with Crippen molar-refractivity contribution in [2.45, 2.75) is 38.1 Å². The average molecular weight is 374 g/mol. The number of piperidine rings is 1. The lowest BCUT2D eigenvalue weighted by atomic mass is 9.95. The van der Waals surface area contributed by atoms with Crippen LogP contribution in [0.2, 0.25) is 0 Å². The molecule has 1 aromatic rings. The summed E-state index contributed by atoms with van der Waals surface area (Å²) in [4.78, 5) is 17.3. The lowest BCUT2D eigenvalue weighted by Gasteiger charge is -2.34. The third-order valence-corrected chi connectivity index (χ3v) is 6.02. The Morgan fingerprint density at radius 1 is 1.11 bits per heavy atom. The fourth-order valence-corrected chi connectivity index (χ4v) is 4.67. The maximum absolute atomic E-state index is 13.0. The SMILES string of the molecule is O=C(CN1CCCC(CCO)C1)N1CCCC1c1ccc2c(c1)OCCO2. The van der Waals surface area contributed by atoms with Crippen LogP contribution in [0, 0.1) is 5.92 Å². The Morgan fingerprint density at radius 2 is 1.93 bits per heavy atom. The summed E-state index contributed by atoms with van der Waals surface area (Å²) in [6.45, 7) is 4.63. The number of hydrogen-bond donors (Lipinski definition) is 1. The first kappa shape index (κ1) is 18.6. The normalized spacial score (nSPS) is 25.6. The summed E-state index contributed by atoms with van der Waals surface area (Å²) < 4.78 is 11.3. The molecule has 0 aromatic heterocycles. The molecule has 2 fully saturated rings. The largest absolute Gasteiger partial charge is 0.486 e. The van der Waals surface area contributed by atoms with Gasteiger partial charge >= 0.3 is 0 Å². The van der Waals surface area contributed by atoms with Gasteiger partial charge in [0.25, 0.3) is 0 Å². The molecule has 2 atom stereocenters. The molecule has 0 radical (unpaired) electrons. The van der Waals surface area contributed by atoms with Gasteiger partial charge in [-0.25, -0.2) is 0 Å². The van der Waals surface area contributed by atoms with Crippen molar-refractivity contribution in [2.24, 2.45) is 5.92 Å². The summed E-state index contributed by atoms with van der Waals surface area (Å²) in [5.41, 5.74) is 1.14. The van der Waals surface area contributed by atoms with Crippen LogP contribution in [0.1, 0.15) is 43.7 Å². The fourth-order valence-electron chi connectivity index (χ4n) is 4.67. The molecule has 148 valence electrons. The highest BCUT2D eigenvalue weighted by atomic mass is 16.6. The molecular formula is C21H30N2O4. The minimum Gasteiger partial charge on any atom is -0.486 e. The highest BCUT2D eigenvalue weighted by Gasteiger charge is 2.32. The molecule has 2 unspecified atom stereocenters. The molecule has 1 aromatic carbocycles. The molecule has 1 N–H and O–H groups in total. The van der Waals surface area contributed by atoms with E-state index in [1.165, 1.54) is 0 Å². The second-order valence-corrected chi connectivity index (χ2v) is 7.90. The minimum atomic E-state index is 0.131. The number of carbonyl (C=O) groups is 1. The molecule has 6 nitrogen and oxygen atoms in total. The number of aliphatic hydroxyl groups is 1. The summed E-state index contributed by atoms with van der Waals surface area (Å²) in [7, 11) is 0. The van der Waals surface area contributed by atoms with Gasteiger partial charge in [0.05, 0.1) is 12.6 Å². The zero-order chi connectivity index (χ0) is 18.6. The highest BCUT2D eigenvalue weighted by molar-refractivity contribution is 5.79. The predicted octanol–water partition coefficient (Wildman–Crippen LogP) is 2.22. The topological polar surface area (TPSA) is 62.2 Å². The number of rotatable bonds is 5. The quantitative estimate of drug-likeness (QED) is 0.856. The van der Waals surface area contributed by atoms with E-state index < -0.39 is 0 Å². The molecule has 1 amide bonds. The minimum absolute atomic E-state index is 0.131. The van der Waals surface area contributed by atoms with Gasteiger partial charge in [-0.2, -0.15) is 0 Å². The van der Waals surface area contributed by atoms with E-state index in [9.17, 15) is 9.90 Å². The maximum atomic E-state index is 13.0. The summed E-state index contributed by atoms with van der Waals surface area (Å²) in [5.74, 6) is 2.32. The van der Waals surface area contributed by atoms with Crippen molar-refractivity contribution < 1.29 is 19.4 Å². The Hall–Kier alpha value is -1.79. The van der Waals surface area contributed by atoms with E-state index in [0.29, 0.717) is 25.7 Å². The smallest absolute Gasteiger partial charge is 0.237 e. The van der Waals surface area contributed by atoms with Crippen LogP contribution in [0.3, 0.4) is 0 Å². The third-order valence-electron chi connectivity index (χ3n) is 6.02. The molecule has 0 aliphatic carbocycles. The summed E-state index contributed by atoms with van der Waals surface area (Å²) >= 11 is 0. The Balaban J connectivity index is 1.41. The van der Waals surface area contributed by atoms with Crippen molar-refractivity contribution in [3.05, 3.63) is 23.8 Å². The van der Waals surface area contributed by atoms with Gasteiger partial charge in [0.1, 0.15) is 13.2 Å². The number of likely N-dealkylation sites (tertiary alicyclic amines) is 2. The summed E-state index contributed by atoms with van der Waals surface area (Å²) in [6, 6.07) is 6.21. The van der Waals surface area contributed by atoms with Gasteiger partial charge in [-0.3, -0.25) is 9.69 Å². The van der Waals surface area contributed by atoms with Crippen LogP contribution in [0.4, 0.5) is 0 Å². The Bertz CT molecular complexity index is 664. The van der Waals surface area contributed by atoms with Crippen molar-refractivity contribution in [1.29, 1.82) is 0 Å². The molecule has 3 aliphatic rings. The molecule has 3 heterocycles. The van der Waals surface area contributed by atoms with Crippen LogP contribution in [-0.2, 0) is 4.79 Å². The van der Waals surface area contributed by atoms with E-state index in [0.717, 1.165) is 68.8 Å². The predicted molar refractivity (Wildman–Crippen MR) is 102 cm³/mol. The number of amides is 1. The van der Waals surface area contributed by atoms with Crippen molar-refractivity contribution in [3.8, 4) is 11.5 Å². The van der Waals surface area contributed by atoms with Crippen LogP contribution in [0.5, 0.6) is 11.5 Å². The van der Waals surface area contributed by atoms with Crippen molar-refractivity contribution >= 4 is 5.91 Å². The number of fused-ring (bicyclic) bond motifs is 1. The number of nitrogens with zero attached hydrogens (tertiary/aromatic N) is 2. The van der Waals surface area contributed by atoms with E-state index in [2.05, 4.69) is 11.0 Å². The molecule has 3 aliphatic heterocycles. The van der Waals surface area contributed by atoms with Crippen LogP contribution in [0.15, 0.2) is 18.2 Å². The summed E-state index contributed by atoms with van der Waals surface area (Å²) in [6.07, 6.45) is 5.16. The van der Waals surface area contributed by atoms with Crippen LogP contribution >= 0.6 is 0 Å².